The normalized spacial score (nSPS) is 9.42. The van der Waals surface area contributed by atoms with Crippen molar-refractivity contribution in [2.24, 2.45) is 0 Å². The van der Waals surface area contributed by atoms with Crippen molar-refractivity contribution < 1.29 is 45.3 Å². The first kappa shape index (κ1) is 26.5. The van der Waals surface area contributed by atoms with E-state index in [1.165, 1.54) is 7.11 Å². The molecule has 0 saturated carbocycles. The van der Waals surface area contributed by atoms with Crippen molar-refractivity contribution in [1.29, 1.82) is 0 Å². The summed E-state index contributed by atoms with van der Waals surface area (Å²) >= 11 is 0. The summed E-state index contributed by atoms with van der Waals surface area (Å²) < 4.78 is 4.20. The van der Waals surface area contributed by atoms with E-state index in [1.54, 1.807) is 0 Å². The first-order valence-electron chi connectivity index (χ1n) is 5.02. The van der Waals surface area contributed by atoms with Crippen LogP contribution in [0.1, 0.15) is 0 Å². The Morgan fingerprint density at radius 3 is 1.37 bits per heavy atom. The minimum atomic E-state index is -1.01. The number of hydrogen-bond donors (Lipinski definition) is 7. The standard InChI is InChI=1S/C3H8O3.C3H4O2.2C2H6O2/c1-6-3(5)2-4;1-2-3(4)5;2*3-1-2-4/h3-5H,2H2,1H3;2H,1H2,(H,4,5);2*3-4H,1-2H2. The summed E-state index contributed by atoms with van der Waals surface area (Å²) in [5.74, 6) is -0.981. The smallest absolute Gasteiger partial charge is 0.327 e. The predicted octanol–water partition coefficient (Wildman–Crippen LogP) is -2.86. The van der Waals surface area contributed by atoms with Gasteiger partial charge in [0, 0.05) is 13.2 Å². The fourth-order valence-corrected chi connectivity index (χ4v) is 0.0745. The van der Waals surface area contributed by atoms with Crippen LogP contribution in [-0.2, 0) is 9.53 Å². The van der Waals surface area contributed by atoms with Crippen molar-refractivity contribution in [1.82, 2.24) is 0 Å². The summed E-state index contributed by atoms with van der Waals surface area (Å²) in [6.45, 7) is 2.12. The molecule has 0 radical (unpaired) electrons. The molecule has 9 nitrogen and oxygen atoms in total. The number of carboxylic acid groups (broad SMARTS) is 1. The van der Waals surface area contributed by atoms with Crippen LogP contribution in [0.25, 0.3) is 0 Å². The van der Waals surface area contributed by atoms with Crippen LogP contribution in [0.5, 0.6) is 0 Å². The lowest BCUT2D eigenvalue weighted by Gasteiger charge is -1.99. The van der Waals surface area contributed by atoms with Gasteiger partial charge in [0.1, 0.15) is 0 Å². The number of carboxylic acids is 1. The molecule has 0 rings (SSSR count). The Hall–Kier alpha value is -1.07. The largest absolute Gasteiger partial charge is 0.478 e. The Balaban J connectivity index is -0.0000000803. The van der Waals surface area contributed by atoms with Crippen LogP contribution in [0.4, 0.5) is 0 Å². The molecule has 0 aliphatic heterocycles. The maximum Gasteiger partial charge on any atom is 0.327 e. The molecule has 0 fully saturated rings. The van der Waals surface area contributed by atoms with E-state index in [4.69, 9.17) is 35.7 Å². The van der Waals surface area contributed by atoms with E-state index in [0.29, 0.717) is 0 Å². The number of ether oxygens (including phenoxy) is 1. The lowest BCUT2D eigenvalue weighted by molar-refractivity contribution is -0.131. The quantitative estimate of drug-likeness (QED) is 0.208. The molecular weight excluding hydrogens is 264 g/mol. The van der Waals surface area contributed by atoms with E-state index in [1.807, 2.05) is 0 Å². The van der Waals surface area contributed by atoms with Gasteiger partial charge in [-0.15, -0.1) is 0 Å². The lowest BCUT2D eigenvalue weighted by atomic mass is 10.7. The number of methoxy groups -OCH3 is 1. The van der Waals surface area contributed by atoms with Crippen molar-refractivity contribution in [2.75, 3.05) is 40.1 Å². The van der Waals surface area contributed by atoms with Gasteiger partial charge >= 0.3 is 5.97 Å². The molecule has 1 atom stereocenters. The van der Waals surface area contributed by atoms with Gasteiger partial charge in [-0.1, -0.05) is 6.58 Å². The average molecular weight is 288 g/mol. The molecule has 1 unspecified atom stereocenters. The molecule has 0 aliphatic carbocycles. The molecule has 0 spiro atoms. The zero-order valence-corrected chi connectivity index (χ0v) is 10.8. The number of aliphatic hydroxyl groups excluding tert-OH is 6. The molecule has 0 aliphatic rings. The zero-order valence-electron chi connectivity index (χ0n) is 10.8. The second kappa shape index (κ2) is 30.2. The van der Waals surface area contributed by atoms with Crippen LogP contribution in [-0.4, -0.2) is 88.1 Å². The van der Waals surface area contributed by atoms with Crippen molar-refractivity contribution in [3.63, 3.8) is 0 Å². The van der Waals surface area contributed by atoms with Gasteiger partial charge in [-0.25, -0.2) is 4.79 Å². The minimum absolute atomic E-state index is 0.125. The highest BCUT2D eigenvalue weighted by atomic mass is 16.6. The second-order valence-corrected chi connectivity index (χ2v) is 2.31. The van der Waals surface area contributed by atoms with Gasteiger partial charge in [0.15, 0.2) is 6.29 Å². The number of aliphatic carboxylic acids is 1. The van der Waals surface area contributed by atoms with E-state index in [-0.39, 0.29) is 33.0 Å². The Morgan fingerprint density at radius 1 is 1.11 bits per heavy atom. The Labute approximate surface area is 111 Å². The van der Waals surface area contributed by atoms with E-state index in [0.717, 1.165) is 6.08 Å². The predicted molar refractivity (Wildman–Crippen MR) is 66.3 cm³/mol. The first-order chi connectivity index (χ1) is 8.91. The first-order valence-corrected chi connectivity index (χ1v) is 5.02. The van der Waals surface area contributed by atoms with Gasteiger partial charge in [-0.05, 0) is 0 Å². The maximum absolute atomic E-state index is 9.25. The van der Waals surface area contributed by atoms with Crippen molar-refractivity contribution in [3.05, 3.63) is 12.7 Å². The second-order valence-electron chi connectivity index (χ2n) is 2.31. The summed E-state index contributed by atoms with van der Waals surface area (Å²) in [7, 11) is 1.32. The van der Waals surface area contributed by atoms with Crippen LogP contribution in [0.15, 0.2) is 12.7 Å². The Kier molecular flexibility index (Phi) is 42.1. The van der Waals surface area contributed by atoms with Gasteiger partial charge in [0.25, 0.3) is 0 Å². The van der Waals surface area contributed by atoms with Crippen LogP contribution in [0, 0.1) is 0 Å². The fourth-order valence-electron chi connectivity index (χ4n) is 0.0745. The highest BCUT2D eigenvalue weighted by molar-refractivity contribution is 5.78. The molecule has 0 amide bonds. The molecule has 0 aromatic carbocycles. The number of aliphatic hydroxyl groups is 6. The highest BCUT2D eigenvalue weighted by Crippen LogP contribution is 1.75. The minimum Gasteiger partial charge on any atom is -0.478 e. The fraction of sp³-hybridized carbons (Fsp3) is 0.700. The summed E-state index contributed by atoms with van der Waals surface area (Å²) in [4.78, 5) is 9.25. The molecule has 0 heterocycles. The van der Waals surface area contributed by atoms with E-state index < -0.39 is 12.3 Å². The van der Waals surface area contributed by atoms with Gasteiger partial charge in [0.2, 0.25) is 0 Å². The maximum atomic E-state index is 9.25. The van der Waals surface area contributed by atoms with Gasteiger partial charge in [0.05, 0.1) is 33.0 Å². The van der Waals surface area contributed by atoms with Gasteiger partial charge in [-0.3, -0.25) is 0 Å². The lowest BCUT2D eigenvalue weighted by Crippen LogP contribution is -2.12. The molecule has 0 aromatic heterocycles. The van der Waals surface area contributed by atoms with Gasteiger partial charge in [-0.2, -0.15) is 0 Å². The van der Waals surface area contributed by atoms with E-state index in [2.05, 4.69) is 11.3 Å². The molecule has 9 heteroatoms. The summed E-state index contributed by atoms with van der Waals surface area (Å²) in [5, 5.41) is 54.3. The van der Waals surface area contributed by atoms with Crippen molar-refractivity contribution in [2.45, 2.75) is 6.29 Å². The third-order valence-corrected chi connectivity index (χ3v) is 0.803. The molecule has 118 valence electrons. The van der Waals surface area contributed by atoms with E-state index >= 15 is 0 Å². The molecule has 0 saturated heterocycles. The van der Waals surface area contributed by atoms with Crippen LogP contribution in [0.3, 0.4) is 0 Å². The number of rotatable bonds is 5. The van der Waals surface area contributed by atoms with Crippen molar-refractivity contribution in [3.8, 4) is 0 Å². The topological polar surface area (TPSA) is 168 Å². The van der Waals surface area contributed by atoms with Crippen LogP contribution in [0.2, 0.25) is 0 Å². The van der Waals surface area contributed by atoms with Crippen LogP contribution >= 0.6 is 0 Å². The third kappa shape index (κ3) is 78.6. The average Bonchev–Trinajstić information content (AvgIpc) is 2.47. The molecular formula is C10H24O9. The Bertz CT molecular complexity index is 151. The summed E-state index contributed by atoms with van der Waals surface area (Å²) in [6.07, 6.45) is -0.176. The molecule has 7 N–H and O–H groups in total. The Morgan fingerprint density at radius 2 is 1.37 bits per heavy atom. The third-order valence-electron chi connectivity index (χ3n) is 0.803. The SMILES string of the molecule is C=CC(=O)O.COC(O)CO.OCCO.OCCO. The monoisotopic (exact) mass is 288 g/mol. The van der Waals surface area contributed by atoms with E-state index in [9.17, 15) is 4.79 Å². The molecule has 0 bridgehead atoms. The number of hydrogen-bond acceptors (Lipinski definition) is 8. The molecule has 0 aromatic rings. The number of carbonyl (C=O) groups is 1. The van der Waals surface area contributed by atoms with Crippen LogP contribution < -0.4 is 0 Å². The summed E-state index contributed by atoms with van der Waals surface area (Å²) in [5.41, 5.74) is 0. The van der Waals surface area contributed by atoms with Gasteiger partial charge < -0.3 is 40.5 Å². The van der Waals surface area contributed by atoms with Crippen molar-refractivity contribution >= 4 is 5.97 Å². The zero-order chi connectivity index (χ0) is 16.1. The summed E-state index contributed by atoms with van der Waals surface area (Å²) in [6, 6.07) is 0. The highest BCUT2D eigenvalue weighted by Gasteiger charge is 1.92. The molecule has 19 heavy (non-hydrogen) atoms.